The lowest BCUT2D eigenvalue weighted by Gasteiger charge is -2.04. The van der Waals surface area contributed by atoms with Gasteiger partial charge in [0.1, 0.15) is 11.6 Å². The Morgan fingerprint density at radius 3 is 2.07 bits per heavy atom. The fourth-order valence-electron chi connectivity index (χ4n) is 0.875. The lowest BCUT2D eigenvalue weighted by atomic mass is 10.2. The summed E-state index contributed by atoms with van der Waals surface area (Å²) < 4.78 is 25.3. The summed E-state index contributed by atoms with van der Waals surface area (Å²) >= 11 is 0. The Morgan fingerprint density at radius 1 is 1.07 bits per heavy atom. The molecular formula is C8H7F2N3O2. The Hall–Kier alpha value is -2.18. The third-order valence-corrected chi connectivity index (χ3v) is 1.42. The first kappa shape index (κ1) is 10.9. The number of halogens is 2. The second-order valence-electron chi connectivity index (χ2n) is 2.60. The molecule has 0 heterocycles. The number of benzene rings is 1. The van der Waals surface area contributed by atoms with E-state index in [2.05, 4.69) is 5.73 Å². The van der Waals surface area contributed by atoms with Gasteiger partial charge in [-0.15, -0.1) is 0 Å². The van der Waals surface area contributed by atoms with Crippen LogP contribution in [-0.2, 0) is 0 Å². The monoisotopic (exact) mass is 215 g/mol. The number of nitrogens with two attached hydrogens (primary N) is 1. The molecule has 4 N–H and O–H groups in total. The smallest absolute Gasteiger partial charge is 0.330 e. The van der Waals surface area contributed by atoms with Crippen molar-refractivity contribution < 1.29 is 18.4 Å². The molecule has 15 heavy (non-hydrogen) atoms. The largest absolute Gasteiger partial charge is 0.350 e. The van der Waals surface area contributed by atoms with Crippen LogP contribution in [-0.4, -0.2) is 11.9 Å². The van der Waals surface area contributed by atoms with E-state index in [1.165, 1.54) is 0 Å². The van der Waals surface area contributed by atoms with E-state index in [0.717, 1.165) is 12.1 Å². The molecule has 5 nitrogen and oxygen atoms in total. The van der Waals surface area contributed by atoms with Crippen LogP contribution < -0.4 is 16.6 Å². The highest BCUT2D eigenvalue weighted by Crippen LogP contribution is 2.07. The van der Waals surface area contributed by atoms with Crippen LogP contribution in [0, 0.1) is 11.6 Å². The average molecular weight is 215 g/mol. The van der Waals surface area contributed by atoms with Crippen molar-refractivity contribution >= 4 is 11.9 Å². The molecule has 0 atom stereocenters. The number of hydrazine groups is 1. The molecule has 0 saturated carbocycles. The minimum absolute atomic E-state index is 0.263. The SMILES string of the molecule is NC(=O)NNC(=O)c1cc(F)cc(F)c1. The number of hydrogen-bond donors (Lipinski definition) is 3. The zero-order valence-electron chi connectivity index (χ0n) is 7.38. The third kappa shape index (κ3) is 3.22. The van der Waals surface area contributed by atoms with Crippen molar-refractivity contribution in [2.75, 3.05) is 0 Å². The van der Waals surface area contributed by atoms with Gasteiger partial charge in [0.05, 0.1) is 0 Å². The Bertz CT molecular complexity index is 389. The highest BCUT2D eigenvalue weighted by Gasteiger charge is 2.08. The van der Waals surface area contributed by atoms with Crippen LogP contribution in [0.3, 0.4) is 0 Å². The molecule has 1 aromatic rings. The van der Waals surface area contributed by atoms with Crippen LogP contribution in [0.15, 0.2) is 18.2 Å². The predicted molar refractivity (Wildman–Crippen MR) is 46.5 cm³/mol. The summed E-state index contributed by atoms with van der Waals surface area (Å²) in [5, 5.41) is 0. The van der Waals surface area contributed by atoms with Crippen LogP contribution in [0.2, 0.25) is 0 Å². The fraction of sp³-hybridized carbons (Fsp3) is 0. The highest BCUT2D eigenvalue weighted by atomic mass is 19.1. The summed E-state index contributed by atoms with van der Waals surface area (Å²) in [5.41, 5.74) is 8.04. The van der Waals surface area contributed by atoms with Crippen molar-refractivity contribution in [2.45, 2.75) is 0 Å². The van der Waals surface area contributed by atoms with E-state index in [1.54, 1.807) is 5.43 Å². The summed E-state index contributed by atoms with van der Waals surface area (Å²) in [6, 6.07) is 1.28. The van der Waals surface area contributed by atoms with Gasteiger partial charge in [-0.25, -0.2) is 19.0 Å². The van der Waals surface area contributed by atoms with Gasteiger partial charge in [0.15, 0.2) is 0 Å². The summed E-state index contributed by atoms with van der Waals surface area (Å²) in [6.45, 7) is 0. The molecule has 0 aliphatic rings. The van der Waals surface area contributed by atoms with Gasteiger partial charge in [-0.1, -0.05) is 0 Å². The van der Waals surface area contributed by atoms with E-state index < -0.39 is 23.6 Å². The van der Waals surface area contributed by atoms with Crippen molar-refractivity contribution in [1.82, 2.24) is 10.9 Å². The average Bonchev–Trinajstić information content (AvgIpc) is 2.12. The molecule has 0 unspecified atom stereocenters. The minimum Gasteiger partial charge on any atom is -0.350 e. The van der Waals surface area contributed by atoms with Crippen LogP contribution in [0.4, 0.5) is 13.6 Å². The number of amides is 3. The Kier molecular flexibility index (Phi) is 3.17. The van der Waals surface area contributed by atoms with Crippen LogP contribution in [0.25, 0.3) is 0 Å². The lowest BCUT2D eigenvalue weighted by Crippen LogP contribution is -2.44. The van der Waals surface area contributed by atoms with E-state index in [-0.39, 0.29) is 5.56 Å². The fourth-order valence-corrected chi connectivity index (χ4v) is 0.875. The van der Waals surface area contributed by atoms with E-state index >= 15 is 0 Å². The highest BCUT2D eigenvalue weighted by molar-refractivity contribution is 5.95. The third-order valence-electron chi connectivity index (χ3n) is 1.42. The van der Waals surface area contributed by atoms with Gasteiger partial charge in [0, 0.05) is 11.6 Å². The van der Waals surface area contributed by atoms with Gasteiger partial charge in [-0.3, -0.25) is 10.2 Å². The van der Waals surface area contributed by atoms with Crippen LogP contribution in [0.1, 0.15) is 10.4 Å². The van der Waals surface area contributed by atoms with Crippen molar-refractivity contribution in [3.8, 4) is 0 Å². The van der Waals surface area contributed by atoms with Gasteiger partial charge < -0.3 is 5.73 Å². The normalized spacial score (nSPS) is 9.47. The maximum Gasteiger partial charge on any atom is 0.330 e. The number of nitrogens with one attached hydrogen (secondary N) is 2. The topological polar surface area (TPSA) is 84.2 Å². The quantitative estimate of drug-likeness (QED) is 0.588. The molecule has 0 aromatic heterocycles. The van der Waals surface area contributed by atoms with E-state index in [0.29, 0.717) is 6.07 Å². The number of rotatable bonds is 1. The minimum atomic E-state index is -0.986. The van der Waals surface area contributed by atoms with Crippen LogP contribution in [0.5, 0.6) is 0 Å². The number of urea groups is 1. The Morgan fingerprint density at radius 2 is 1.60 bits per heavy atom. The molecule has 0 spiro atoms. The molecule has 1 rings (SSSR count). The van der Waals surface area contributed by atoms with Crippen molar-refractivity contribution in [2.24, 2.45) is 5.73 Å². The summed E-state index contributed by atoms with van der Waals surface area (Å²) in [7, 11) is 0. The molecular weight excluding hydrogens is 208 g/mol. The first-order valence-electron chi connectivity index (χ1n) is 3.81. The zero-order valence-corrected chi connectivity index (χ0v) is 7.38. The predicted octanol–water partition coefficient (Wildman–Crippen LogP) is 0.278. The first-order chi connectivity index (χ1) is 6.99. The lowest BCUT2D eigenvalue weighted by molar-refractivity contribution is 0.0936. The molecule has 7 heteroatoms. The summed E-state index contributed by atoms with van der Waals surface area (Å²) in [4.78, 5) is 21.4. The Labute approximate surface area is 83.2 Å². The first-order valence-corrected chi connectivity index (χ1v) is 3.81. The molecule has 1 aromatic carbocycles. The van der Waals surface area contributed by atoms with E-state index in [1.807, 2.05) is 5.43 Å². The second kappa shape index (κ2) is 4.36. The summed E-state index contributed by atoms with van der Waals surface area (Å²) in [5.74, 6) is -2.65. The maximum atomic E-state index is 12.7. The van der Waals surface area contributed by atoms with Gasteiger partial charge >= 0.3 is 6.03 Å². The van der Waals surface area contributed by atoms with Gasteiger partial charge in [-0.2, -0.15) is 0 Å². The summed E-state index contributed by atoms with van der Waals surface area (Å²) in [6.07, 6.45) is 0. The molecule has 0 aliphatic heterocycles. The second-order valence-corrected chi connectivity index (χ2v) is 2.60. The molecule has 3 amide bonds. The van der Waals surface area contributed by atoms with Crippen LogP contribution >= 0.6 is 0 Å². The van der Waals surface area contributed by atoms with Gasteiger partial charge in [0.25, 0.3) is 5.91 Å². The molecule has 0 bridgehead atoms. The molecule has 0 fully saturated rings. The van der Waals surface area contributed by atoms with Crippen molar-refractivity contribution in [1.29, 1.82) is 0 Å². The van der Waals surface area contributed by atoms with Crippen molar-refractivity contribution in [3.05, 3.63) is 35.4 Å². The van der Waals surface area contributed by atoms with E-state index in [9.17, 15) is 18.4 Å². The zero-order chi connectivity index (χ0) is 11.4. The molecule has 0 saturated heterocycles. The number of carbonyl (C=O) groups is 2. The number of carbonyl (C=O) groups excluding carboxylic acids is 2. The van der Waals surface area contributed by atoms with Gasteiger partial charge in [0.2, 0.25) is 0 Å². The Balaban J connectivity index is 2.77. The standard InChI is InChI=1S/C8H7F2N3O2/c9-5-1-4(2-6(10)3-5)7(14)12-13-8(11)15/h1-3H,(H,12,14)(H3,11,13,15). The molecule has 0 aliphatic carbocycles. The van der Waals surface area contributed by atoms with Gasteiger partial charge in [-0.05, 0) is 12.1 Å². The molecule has 0 radical (unpaired) electrons. The molecule has 80 valence electrons. The number of hydrogen-bond acceptors (Lipinski definition) is 2. The van der Waals surface area contributed by atoms with Crippen molar-refractivity contribution in [3.63, 3.8) is 0 Å². The van der Waals surface area contributed by atoms with E-state index in [4.69, 9.17) is 0 Å². The number of primary amides is 1. The maximum absolute atomic E-state index is 12.7.